The minimum Gasteiger partial charge on any atom is -1.00 e. The van der Waals surface area contributed by atoms with Gasteiger partial charge in [0.2, 0.25) is 0 Å². The van der Waals surface area contributed by atoms with E-state index >= 15 is 0 Å². The standard InChI is InChI=1S/C18H30N2O3.2ClH/c1-3-13-22-15-16(21)14-19-9-11-20(12-10-19)17-7-5-6-8-18(17)23-4-2;;/h5-8,16,21H,3-4,9-15H2,1-2H3;2*1H. The maximum Gasteiger partial charge on any atom is 0.179 e. The van der Waals surface area contributed by atoms with E-state index in [0.29, 0.717) is 13.2 Å². The third kappa shape index (κ3) is 8.11. The van der Waals surface area contributed by atoms with Crippen LogP contribution >= 0.6 is 0 Å². The van der Waals surface area contributed by atoms with E-state index in [1.54, 1.807) is 0 Å². The summed E-state index contributed by atoms with van der Waals surface area (Å²) in [5.74, 6) is 1.00. The number of rotatable bonds is 9. The van der Waals surface area contributed by atoms with Crippen LogP contribution in [0.1, 0.15) is 20.3 Å². The normalized spacial score (nSPS) is 20.9. The van der Waals surface area contributed by atoms with Crippen LogP contribution in [0, 0.1) is 0 Å². The third-order valence-corrected chi connectivity index (χ3v) is 4.31. The molecule has 1 aromatic carbocycles. The maximum absolute atomic E-state index is 10.1. The molecule has 0 aromatic heterocycles. The quantitative estimate of drug-likeness (QED) is 0.365. The van der Waals surface area contributed by atoms with Crippen LogP contribution in [0.3, 0.4) is 0 Å². The van der Waals surface area contributed by atoms with Crippen molar-refractivity contribution in [3.05, 3.63) is 24.3 Å². The monoisotopic (exact) mass is 394 g/mol. The van der Waals surface area contributed by atoms with Crippen LogP contribution in [0.25, 0.3) is 0 Å². The lowest BCUT2D eigenvalue weighted by molar-refractivity contribution is -0.988. The Morgan fingerprint density at radius 2 is 1.76 bits per heavy atom. The molecule has 0 spiro atoms. The number of aliphatic hydroxyl groups is 1. The summed E-state index contributed by atoms with van der Waals surface area (Å²) < 4.78 is 11.2. The summed E-state index contributed by atoms with van der Waals surface area (Å²) in [7, 11) is 0. The summed E-state index contributed by atoms with van der Waals surface area (Å²) in [6.45, 7) is 11.1. The van der Waals surface area contributed by atoms with Crippen LogP contribution in [0.15, 0.2) is 24.3 Å². The van der Waals surface area contributed by atoms with Crippen LogP contribution in [0.5, 0.6) is 5.75 Å². The molecule has 1 aliphatic heterocycles. The summed E-state index contributed by atoms with van der Waals surface area (Å²) in [4.78, 5) is 2.95. The fraction of sp³-hybridized carbons (Fsp3) is 0.667. The first-order chi connectivity index (χ1) is 11.2. The molecule has 0 saturated carbocycles. The zero-order chi connectivity index (χ0) is 16.5. The lowest BCUT2D eigenvalue weighted by Gasteiger charge is -2.31. The van der Waals surface area contributed by atoms with Crippen molar-refractivity contribution >= 4 is 5.69 Å². The van der Waals surface area contributed by atoms with E-state index in [2.05, 4.69) is 25.1 Å². The largest absolute Gasteiger partial charge is 1.00 e. The molecule has 1 saturated heterocycles. The second-order valence-corrected chi connectivity index (χ2v) is 6.22. The van der Waals surface area contributed by atoms with Crippen molar-refractivity contribution in [3.8, 4) is 5.75 Å². The number of ether oxygens (including phenoxy) is 2. The molecule has 0 bridgehead atoms. The summed E-state index contributed by atoms with van der Waals surface area (Å²) in [5.41, 5.74) is 1.26. The average molecular weight is 395 g/mol. The average Bonchev–Trinajstić information content (AvgIpc) is 2.57. The van der Waals surface area contributed by atoms with Crippen LogP contribution in [-0.4, -0.2) is 63.8 Å². The molecular formula is C18H32Cl2N2O3. The first-order valence-electron chi connectivity index (χ1n) is 8.90. The van der Waals surface area contributed by atoms with E-state index in [0.717, 1.165) is 51.5 Å². The minimum absolute atomic E-state index is 0. The maximum atomic E-state index is 10.1. The zero-order valence-electron chi connectivity index (χ0n) is 15.3. The van der Waals surface area contributed by atoms with Crippen molar-refractivity contribution in [2.75, 3.05) is 52.5 Å². The van der Waals surface area contributed by atoms with Crippen molar-refractivity contribution in [3.63, 3.8) is 0 Å². The highest BCUT2D eigenvalue weighted by atomic mass is 35.5. The Morgan fingerprint density at radius 3 is 2.40 bits per heavy atom. The van der Waals surface area contributed by atoms with Crippen molar-refractivity contribution in [1.29, 1.82) is 0 Å². The molecule has 2 rings (SSSR count). The molecule has 1 aliphatic rings. The summed E-state index contributed by atoms with van der Waals surface area (Å²) in [6.07, 6.45) is 0.648. The number of nitrogens with one attached hydrogen (secondary N) is 2. The van der Waals surface area contributed by atoms with Crippen LogP contribution in [0.4, 0.5) is 5.69 Å². The SMILES string of the molecule is CCCOCC(O)C[NH+]1CC[NH+](c2ccccc2OCC)CC1.[Cl-].[Cl-]. The molecule has 25 heavy (non-hydrogen) atoms. The number of halogens is 2. The molecule has 0 radical (unpaired) electrons. The Bertz CT molecular complexity index is 458. The fourth-order valence-corrected chi connectivity index (χ4v) is 3.17. The van der Waals surface area contributed by atoms with Crippen molar-refractivity contribution in [2.24, 2.45) is 0 Å². The van der Waals surface area contributed by atoms with Gasteiger partial charge in [0.05, 0.1) is 13.2 Å². The van der Waals surface area contributed by atoms with Gasteiger partial charge in [0.1, 0.15) is 38.8 Å². The predicted molar refractivity (Wildman–Crippen MR) is 90.6 cm³/mol. The van der Waals surface area contributed by atoms with Crippen LogP contribution in [0.2, 0.25) is 0 Å². The second-order valence-electron chi connectivity index (χ2n) is 6.22. The first kappa shape index (κ1) is 24.4. The van der Waals surface area contributed by atoms with E-state index in [4.69, 9.17) is 9.47 Å². The predicted octanol–water partition coefficient (Wildman–Crippen LogP) is -6.70. The number of quaternary nitrogens is 2. The molecule has 1 fully saturated rings. The highest BCUT2D eigenvalue weighted by Gasteiger charge is 2.27. The van der Waals surface area contributed by atoms with Crippen LogP contribution in [-0.2, 0) is 4.74 Å². The highest BCUT2D eigenvalue weighted by Crippen LogP contribution is 2.19. The molecule has 1 heterocycles. The van der Waals surface area contributed by atoms with Crippen molar-refractivity contribution in [2.45, 2.75) is 26.4 Å². The van der Waals surface area contributed by atoms with Gasteiger partial charge in [-0.2, -0.15) is 0 Å². The van der Waals surface area contributed by atoms with Crippen LogP contribution < -0.4 is 39.4 Å². The Balaban J connectivity index is 0.00000288. The summed E-state index contributed by atoms with van der Waals surface area (Å²) >= 11 is 0. The minimum atomic E-state index is -0.353. The molecule has 0 aliphatic carbocycles. The van der Waals surface area contributed by atoms with E-state index in [-0.39, 0.29) is 30.9 Å². The summed E-state index contributed by atoms with van der Waals surface area (Å²) in [6, 6.07) is 8.33. The Morgan fingerprint density at radius 1 is 1.08 bits per heavy atom. The highest BCUT2D eigenvalue weighted by molar-refractivity contribution is 5.45. The zero-order valence-corrected chi connectivity index (χ0v) is 16.8. The molecule has 3 N–H and O–H groups in total. The van der Waals surface area contributed by atoms with Gasteiger partial charge in [0.15, 0.2) is 11.4 Å². The van der Waals surface area contributed by atoms with Crippen molar-refractivity contribution < 1.29 is 49.2 Å². The van der Waals surface area contributed by atoms with Gasteiger partial charge in [0, 0.05) is 12.7 Å². The molecule has 0 amide bonds. The van der Waals surface area contributed by atoms with Gasteiger partial charge in [0.25, 0.3) is 0 Å². The lowest BCUT2D eigenvalue weighted by atomic mass is 10.2. The number of piperazine rings is 1. The molecule has 1 atom stereocenters. The van der Waals surface area contributed by atoms with Gasteiger partial charge in [-0.15, -0.1) is 0 Å². The Kier molecular flexibility index (Phi) is 13.3. The topological polar surface area (TPSA) is 47.6 Å². The number of para-hydroxylation sites is 2. The Labute approximate surface area is 164 Å². The first-order valence-corrected chi connectivity index (χ1v) is 8.90. The van der Waals surface area contributed by atoms with Gasteiger partial charge in [-0.05, 0) is 19.4 Å². The summed E-state index contributed by atoms with van der Waals surface area (Å²) in [5, 5.41) is 10.1. The van der Waals surface area contributed by atoms with E-state index in [9.17, 15) is 5.11 Å². The number of hydrogen-bond acceptors (Lipinski definition) is 3. The van der Waals surface area contributed by atoms with Gasteiger partial charge in [-0.3, -0.25) is 4.90 Å². The molecule has 5 nitrogen and oxygen atoms in total. The van der Waals surface area contributed by atoms with Gasteiger partial charge >= 0.3 is 0 Å². The lowest BCUT2D eigenvalue weighted by Crippen LogP contribution is -3.26. The van der Waals surface area contributed by atoms with E-state index in [1.165, 1.54) is 15.5 Å². The molecule has 146 valence electrons. The van der Waals surface area contributed by atoms with E-state index < -0.39 is 0 Å². The molecular weight excluding hydrogens is 363 g/mol. The number of benzene rings is 1. The number of aliphatic hydroxyl groups excluding tert-OH is 1. The van der Waals surface area contributed by atoms with Crippen molar-refractivity contribution in [1.82, 2.24) is 0 Å². The molecule has 1 unspecified atom stereocenters. The van der Waals surface area contributed by atoms with Gasteiger partial charge in [-0.25, -0.2) is 0 Å². The molecule has 7 heteroatoms. The third-order valence-electron chi connectivity index (χ3n) is 4.31. The smallest absolute Gasteiger partial charge is 0.179 e. The second kappa shape index (κ2) is 13.6. The molecule has 1 aromatic rings. The Hall–Kier alpha value is -0.560. The number of hydrogen-bond donors (Lipinski definition) is 3. The van der Waals surface area contributed by atoms with Gasteiger partial charge < -0.3 is 44.3 Å². The van der Waals surface area contributed by atoms with E-state index in [1.807, 2.05) is 13.0 Å². The fourth-order valence-electron chi connectivity index (χ4n) is 3.17. The van der Waals surface area contributed by atoms with Gasteiger partial charge in [-0.1, -0.05) is 19.1 Å².